The highest BCUT2D eigenvalue weighted by Gasteiger charge is 2.27. The number of hydrogen-bond acceptors (Lipinski definition) is 2. The van der Waals surface area contributed by atoms with Crippen LogP contribution in [-0.2, 0) is 4.79 Å². The Morgan fingerprint density at radius 1 is 1.41 bits per heavy atom. The van der Waals surface area contributed by atoms with E-state index >= 15 is 0 Å². The molecule has 2 N–H and O–H groups in total. The molecule has 1 unspecified atom stereocenters. The van der Waals surface area contributed by atoms with E-state index in [0.717, 1.165) is 17.3 Å². The molecular formula is C14H20N2O. The van der Waals surface area contributed by atoms with Gasteiger partial charge in [0, 0.05) is 23.8 Å². The topological polar surface area (TPSA) is 41.1 Å². The molecule has 0 heterocycles. The molecule has 3 nitrogen and oxygen atoms in total. The van der Waals surface area contributed by atoms with Crippen molar-refractivity contribution in [3.05, 3.63) is 24.3 Å². The highest BCUT2D eigenvalue weighted by molar-refractivity contribution is 5.90. The van der Waals surface area contributed by atoms with E-state index in [2.05, 4.69) is 17.6 Å². The molecule has 1 aromatic carbocycles. The Morgan fingerprint density at radius 3 is 2.76 bits per heavy atom. The van der Waals surface area contributed by atoms with Crippen molar-refractivity contribution in [2.45, 2.75) is 39.2 Å². The number of anilines is 2. The standard InChI is InChI=1S/C14H20N2O/c1-3-14(17)16-13-6-4-5-12(9-13)15-10(2)11-7-8-11/h4-6,9-11,15H,3,7-8H2,1-2H3,(H,16,17). The second-order valence-electron chi connectivity index (χ2n) is 4.75. The summed E-state index contributed by atoms with van der Waals surface area (Å²) >= 11 is 0. The van der Waals surface area contributed by atoms with Gasteiger partial charge in [-0.3, -0.25) is 4.79 Å². The van der Waals surface area contributed by atoms with Crippen molar-refractivity contribution in [2.24, 2.45) is 5.92 Å². The summed E-state index contributed by atoms with van der Waals surface area (Å²) in [5.41, 5.74) is 1.95. The van der Waals surface area contributed by atoms with Crippen molar-refractivity contribution in [3.8, 4) is 0 Å². The van der Waals surface area contributed by atoms with Gasteiger partial charge in [-0.15, -0.1) is 0 Å². The Kier molecular flexibility index (Phi) is 3.67. The summed E-state index contributed by atoms with van der Waals surface area (Å²) in [4.78, 5) is 11.3. The first-order valence-corrected chi connectivity index (χ1v) is 6.35. The van der Waals surface area contributed by atoms with E-state index in [1.807, 2.05) is 31.2 Å². The van der Waals surface area contributed by atoms with E-state index in [0.29, 0.717) is 12.5 Å². The summed E-state index contributed by atoms with van der Waals surface area (Å²) in [5.74, 6) is 0.876. The number of rotatable bonds is 5. The monoisotopic (exact) mass is 232 g/mol. The predicted molar refractivity (Wildman–Crippen MR) is 71.2 cm³/mol. The molecule has 1 aliphatic carbocycles. The van der Waals surface area contributed by atoms with Crippen molar-refractivity contribution < 1.29 is 4.79 Å². The van der Waals surface area contributed by atoms with Crippen molar-refractivity contribution in [1.82, 2.24) is 0 Å². The third-order valence-corrected chi connectivity index (χ3v) is 3.19. The lowest BCUT2D eigenvalue weighted by Crippen LogP contribution is -2.17. The van der Waals surface area contributed by atoms with E-state index in [1.165, 1.54) is 12.8 Å². The lowest BCUT2D eigenvalue weighted by molar-refractivity contribution is -0.115. The largest absolute Gasteiger partial charge is 0.382 e. The lowest BCUT2D eigenvalue weighted by atomic mass is 10.2. The molecule has 2 rings (SSSR count). The van der Waals surface area contributed by atoms with Crippen LogP contribution in [0.25, 0.3) is 0 Å². The molecule has 1 atom stereocenters. The van der Waals surface area contributed by atoms with Gasteiger partial charge in [0.2, 0.25) is 5.91 Å². The lowest BCUT2D eigenvalue weighted by Gasteiger charge is -2.15. The predicted octanol–water partition coefficient (Wildman–Crippen LogP) is 3.25. The van der Waals surface area contributed by atoms with Crippen molar-refractivity contribution in [2.75, 3.05) is 10.6 Å². The fourth-order valence-electron chi connectivity index (χ4n) is 1.91. The number of benzene rings is 1. The number of amides is 1. The Balaban J connectivity index is 1.97. The van der Waals surface area contributed by atoms with Crippen LogP contribution in [0.4, 0.5) is 11.4 Å². The van der Waals surface area contributed by atoms with Crippen molar-refractivity contribution in [3.63, 3.8) is 0 Å². The summed E-state index contributed by atoms with van der Waals surface area (Å²) in [6.45, 7) is 4.07. The third kappa shape index (κ3) is 3.48. The van der Waals surface area contributed by atoms with Gasteiger partial charge in [0.25, 0.3) is 0 Å². The molecule has 0 bridgehead atoms. The van der Waals surface area contributed by atoms with Gasteiger partial charge in [0.15, 0.2) is 0 Å². The molecule has 3 heteroatoms. The van der Waals surface area contributed by atoms with Gasteiger partial charge < -0.3 is 10.6 Å². The second-order valence-corrected chi connectivity index (χ2v) is 4.75. The van der Waals surface area contributed by atoms with E-state index in [9.17, 15) is 4.79 Å². The van der Waals surface area contributed by atoms with Gasteiger partial charge in [0.05, 0.1) is 0 Å². The van der Waals surface area contributed by atoms with E-state index in [4.69, 9.17) is 0 Å². The van der Waals surface area contributed by atoms with Crippen LogP contribution in [0.5, 0.6) is 0 Å². The van der Waals surface area contributed by atoms with Crippen LogP contribution in [-0.4, -0.2) is 11.9 Å². The maximum atomic E-state index is 11.3. The summed E-state index contributed by atoms with van der Waals surface area (Å²) in [5, 5.41) is 6.36. The Labute approximate surface area is 103 Å². The first-order valence-electron chi connectivity index (χ1n) is 6.35. The van der Waals surface area contributed by atoms with Crippen LogP contribution in [0.1, 0.15) is 33.1 Å². The minimum absolute atomic E-state index is 0.0531. The van der Waals surface area contributed by atoms with Gasteiger partial charge in [-0.05, 0) is 43.9 Å². The van der Waals surface area contributed by atoms with Crippen LogP contribution in [0.3, 0.4) is 0 Å². The summed E-state index contributed by atoms with van der Waals surface area (Å²) < 4.78 is 0. The number of carbonyl (C=O) groups is 1. The zero-order valence-corrected chi connectivity index (χ0v) is 10.5. The summed E-state index contributed by atoms with van der Waals surface area (Å²) in [7, 11) is 0. The number of hydrogen-bond donors (Lipinski definition) is 2. The SMILES string of the molecule is CCC(=O)Nc1cccc(NC(C)C2CC2)c1. The molecule has 0 aromatic heterocycles. The minimum atomic E-state index is 0.0531. The first-order chi connectivity index (χ1) is 8.19. The van der Waals surface area contributed by atoms with Crippen LogP contribution in [0.15, 0.2) is 24.3 Å². The molecule has 0 saturated heterocycles. The number of nitrogens with one attached hydrogen (secondary N) is 2. The van der Waals surface area contributed by atoms with Crippen LogP contribution >= 0.6 is 0 Å². The molecule has 1 aromatic rings. The van der Waals surface area contributed by atoms with Gasteiger partial charge in [0.1, 0.15) is 0 Å². The first kappa shape index (κ1) is 12.0. The summed E-state index contributed by atoms with van der Waals surface area (Å²) in [6, 6.07) is 8.44. The second kappa shape index (κ2) is 5.21. The third-order valence-electron chi connectivity index (χ3n) is 3.19. The zero-order chi connectivity index (χ0) is 12.3. The molecule has 92 valence electrons. The summed E-state index contributed by atoms with van der Waals surface area (Å²) in [6.07, 6.45) is 3.18. The Hall–Kier alpha value is -1.51. The molecule has 0 spiro atoms. The Bertz CT molecular complexity index is 399. The van der Waals surface area contributed by atoms with Crippen LogP contribution in [0, 0.1) is 5.92 Å². The highest BCUT2D eigenvalue weighted by Crippen LogP contribution is 2.34. The highest BCUT2D eigenvalue weighted by atomic mass is 16.1. The molecule has 1 fully saturated rings. The minimum Gasteiger partial charge on any atom is -0.382 e. The van der Waals surface area contributed by atoms with Gasteiger partial charge in [-0.2, -0.15) is 0 Å². The fraction of sp³-hybridized carbons (Fsp3) is 0.500. The van der Waals surface area contributed by atoms with Crippen molar-refractivity contribution >= 4 is 17.3 Å². The van der Waals surface area contributed by atoms with Crippen LogP contribution in [0.2, 0.25) is 0 Å². The van der Waals surface area contributed by atoms with Gasteiger partial charge >= 0.3 is 0 Å². The molecule has 0 aliphatic heterocycles. The average molecular weight is 232 g/mol. The molecular weight excluding hydrogens is 212 g/mol. The number of carbonyl (C=O) groups excluding carboxylic acids is 1. The fourth-order valence-corrected chi connectivity index (χ4v) is 1.91. The maximum absolute atomic E-state index is 11.3. The van der Waals surface area contributed by atoms with E-state index < -0.39 is 0 Å². The van der Waals surface area contributed by atoms with Crippen LogP contribution < -0.4 is 10.6 Å². The van der Waals surface area contributed by atoms with E-state index in [1.54, 1.807) is 0 Å². The molecule has 17 heavy (non-hydrogen) atoms. The van der Waals surface area contributed by atoms with E-state index in [-0.39, 0.29) is 5.91 Å². The molecule has 1 amide bonds. The molecule has 1 saturated carbocycles. The quantitative estimate of drug-likeness (QED) is 0.818. The normalized spacial score (nSPS) is 16.4. The van der Waals surface area contributed by atoms with Gasteiger partial charge in [-0.1, -0.05) is 13.0 Å². The van der Waals surface area contributed by atoms with Crippen molar-refractivity contribution in [1.29, 1.82) is 0 Å². The zero-order valence-electron chi connectivity index (χ0n) is 10.5. The molecule has 0 radical (unpaired) electrons. The smallest absolute Gasteiger partial charge is 0.224 e. The maximum Gasteiger partial charge on any atom is 0.224 e. The molecule has 1 aliphatic rings. The van der Waals surface area contributed by atoms with Gasteiger partial charge in [-0.25, -0.2) is 0 Å². The Morgan fingerprint density at radius 2 is 2.12 bits per heavy atom. The average Bonchev–Trinajstić information content (AvgIpc) is 3.13.